The Morgan fingerprint density at radius 2 is 1.94 bits per heavy atom. The lowest BCUT2D eigenvalue weighted by molar-refractivity contribution is -0.137. The molecule has 1 atom stereocenters. The summed E-state index contributed by atoms with van der Waals surface area (Å²) in [7, 11) is 0. The van der Waals surface area contributed by atoms with E-state index in [1.54, 1.807) is 35.2 Å². The molecule has 6 rings (SSSR count). The fourth-order valence-electron chi connectivity index (χ4n) is 5.02. The van der Waals surface area contributed by atoms with Crippen LogP contribution in [0.5, 0.6) is 0 Å². The van der Waals surface area contributed by atoms with Crippen LogP contribution < -0.4 is 0 Å². The zero-order chi connectivity index (χ0) is 23.4. The summed E-state index contributed by atoms with van der Waals surface area (Å²) in [6.45, 7) is 0.679. The van der Waals surface area contributed by atoms with Gasteiger partial charge in [-0.25, -0.2) is 4.39 Å². The Bertz CT molecular complexity index is 1570. The Morgan fingerprint density at radius 1 is 1.15 bits per heavy atom. The molecule has 0 amide bonds. The first kappa shape index (κ1) is 21.7. The van der Waals surface area contributed by atoms with Gasteiger partial charge in [0.05, 0.1) is 11.9 Å². The molecule has 0 spiro atoms. The van der Waals surface area contributed by atoms with Gasteiger partial charge in [-0.1, -0.05) is 41.6 Å². The summed E-state index contributed by atoms with van der Waals surface area (Å²) in [5.74, 6) is -1.22. The van der Waals surface area contributed by atoms with Gasteiger partial charge in [0.1, 0.15) is 5.82 Å². The maximum absolute atomic E-state index is 15.0. The fraction of sp³-hybridized carbons (Fsp3) is 0.148. The molecule has 0 fully saturated rings. The second-order valence-electron chi connectivity index (χ2n) is 8.50. The lowest BCUT2D eigenvalue weighted by Crippen LogP contribution is -2.04. The summed E-state index contributed by atoms with van der Waals surface area (Å²) in [6.07, 6.45) is 0.794. The van der Waals surface area contributed by atoms with Crippen molar-refractivity contribution in [2.24, 2.45) is 0 Å². The third-order valence-corrected chi connectivity index (χ3v) is 8.78. The van der Waals surface area contributed by atoms with Gasteiger partial charge in [-0.05, 0) is 59.8 Å². The lowest BCUT2D eigenvalue weighted by atomic mass is 9.97. The number of rotatable bonds is 5. The fourth-order valence-corrected chi connectivity index (χ4v) is 7.32. The van der Waals surface area contributed by atoms with Gasteiger partial charge in [0.2, 0.25) is 0 Å². The van der Waals surface area contributed by atoms with Gasteiger partial charge in [0, 0.05) is 54.0 Å². The summed E-state index contributed by atoms with van der Waals surface area (Å²) in [5, 5.41) is 14.4. The number of hydrogen-bond donors (Lipinski definition) is 1. The predicted molar refractivity (Wildman–Crippen MR) is 138 cm³/mol. The molecule has 0 saturated carbocycles. The van der Waals surface area contributed by atoms with E-state index in [0.29, 0.717) is 11.6 Å². The van der Waals surface area contributed by atoms with Crippen LogP contribution in [0.1, 0.15) is 24.5 Å². The number of fused-ring (bicyclic) bond motifs is 4. The van der Waals surface area contributed by atoms with Crippen LogP contribution in [0, 0.1) is 5.82 Å². The number of thiophene rings is 1. The maximum Gasteiger partial charge on any atom is 0.304 e. The van der Waals surface area contributed by atoms with E-state index in [9.17, 15) is 9.90 Å². The van der Waals surface area contributed by atoms with E-state index in [-0.39, 0.29) is 18.2 Å². The average Bonchev–Trinajstić information content (AvgIpc) is 3.49. The Hall–Kier alpha value is -2.80. The molecule has 3 aromatic carbocycles. The lowest BCUT2D eigenvalue weighted by Gasteiger charge is -2.12. The zero-order valence-corrected chi connectivity index (χ0v) is 20.3. The molecule has 2 aromatic heterocycles. The van der Waals surface area contributed by atoms with Crippen molar-refractivity contribution in [1.82, 2.24) is 4.57 Å². The SMILES string of the molecule is O=C(O)CC1CCn2c1c(Sc1ccc(Cl)cc1)c1c(-c3csc4ccccc34)cc(F)cc12. The number of hydrogen-bond acceptors (Lipinski definition) is 3. The number of halogens is 2. The first-order chi connectivity index (χ1) is 16.5. The van der Waals surface area contributed by atoms with Crippen LogP contribution in [0.3, 0.4) is 0 Å². The van der Waals surface area contributed by atoms with Crippen molar-refractivity contribution >= 4 is 61.7 Å². The highest BCUT2D eigenvalue weighted by Gasteiger charge is 2.33. The van der Waals surface area contributed by atoms with Crippen LogP contribution in [0.2, 0.25) is 5.02 Å². The van der Waals surface area contributed by atoms with Gasteiger partial charge >= 0.3 is 5.97 Å². The van der Waals surface area contributed by atoms with E-state index in [1.807, 2.05) is 36.4 Å². The summed E-state index contributed by atoms with van der Waals surface area (Å²) < 4.78 is 18.3. The Balaban J connectivity index is 1.65. The van der Waals surface area contributed by atoms with Crippen LogP contribution in [-0.4, -0.2) is 15.6 Å². The van der Waals surface area contributed by atoms with Crippen LogP contribution >= 0.6 is 34.7 Å². The van der Waals surface area contributed by atoms with Crippen molar-refractivity contribution in [3.8, 4) is 11.1 Å². The molecule has 34 heavy (non-hydrogen) atoms. The largest absolute Gasteiger partial charge is 0.481 e. The normalized spacial score (nSPS) is 15.3. The quantitative estimate of drug-likeness (QED) is 0.259. The Morgan fingerprint density at radius 3 is 2.74 bits per heavy atom. The molecule has 7 heteroatoms. The van der Waals surface area contributed by atoms with E-state index in [0.717, 1.165) is 54.0 Å². The van der Waals surface area contributed by atoms with Crippen LogP contribution in [-0.2, 0) is 11.3 Å². The smallest absolute Gasteiger partial charge is 0.304 e. The summed E-state index contributed by atoms with van der Waals surface area (Å²) in [4.78, 5) is 13.7. The third-order valence-electron chi connectivity index (χ3n) is 6.44. The molecule has 5 aromatic rings. The van der Waals surface area contributed by atoms with Gasteiger partial charge in [0.25, 0.3) is 0 Å². The topological polar surface area (TPSA) is 42.2 Å². The number of carbonyl (C=O) groups is 1. The third kappa shape index (κ3) is 3.61. The highest BCUT2D eigenvalue weighted by atomic mass is 35.5. The van der Waals surface area contributed by atoms with E-state index in [1.165, 1.54) is 0 Å². The van der Waals surface area contributed by atoms with Crippen molar-refractivity contribution in [3.05, 3.63) is 82.6 Å². The molecule has 3 nitrogen and oxygen atoms in total. The number of carboxylic acids is 1. The molecule has 1 unspecified atom stereocenters. The number of benzene rings is 3. The average molecular weight is 508 g/mol. The molecule has 170 valence electrons. The van der Waals surface area contributed by atoms with E-state index >= 15 is 4.39 Å². The van der Waals surface area contributed by atoms with Gasteiger partial charge in [0.15, 0.2) is 0 Å². The van der Waals surface area contributed by atoms with Gasteiger partial charge in [-0.3, -0.25) is 4.79 Å². The minimum Gasteiger partial charge on any atom is -0.481 e. The van der Waals surface area contributed by atoms with Crippen molar-refractivity contribution in [3.63, 3.8) is 0 Å². The Labute approximate surface area is 208 Å². The first-order valence-corrected chi connectivity index (χ1v) is 13.0. The molecular weight excluding hydrogens is 489 g/mol. The first-order valence-electron chi connectivity index (χ1n) is 11.0. The Kier molecular flexibility index (Phi) is 5.40. The second-order valence-corrected chi connectivity index (χ2v) is 10.9. The van der Waals surface area contributed by atoms with Crippen molar-refractivity contribution in [2.75, 3.05) is 0 Å². The number of aliphatic carboxylic acids is 1. The number of aryl methyl sites for hydroxylation is 1. The molecular formula is C27H19ClFNO2S2. The second kappa shape index (κ2) is 8.45. The number of carboxylic acid groups (broad SMARTS) is 1. The molecule has 0 saturated heterocycles. The highest BCUT2D eigenvalue weighted by molar-refractivity contribution is 7.99. The van der Waals surface area contributed by atoms with E-state index in [2.05, 4.69) is 22.1 Å². The van der Waals surface area contributed by atoms with Crippen LogP contribution in [0.25, 0.3) is 32.1 Å². The van der Waals surface area contributed by atoms with Crippen LogP contribution in [0.15, 0.2) is 75.8 Å². The van der Waals surface area contributed by atoms with Crippen LogP contribution in [0.4, 0.5) is 4.39 Å². The number of nitrogens with zero attached hydrogens (tertiary/aromatic N) is 1. The monoisotopic (exact) mass is 507 g/mol. The maximum atomic E-state index is 15.0. The van der Waals surface area contributed by atoms with Gasteiger partial charge < -0.3 is 9.67 Å². The highest BCUT2D eigenvalue weighted by Crippen LogP contribution is 2.50. The summed E-state index contributed by atoms with van der Waals surface area (Å²) in [6, 6.07) is 19.0. The molecule has 0 bridgehead atoms. The van der Waals surface area contributed by atoms with Gasteiger partial charge in [-0.2, -0.15) is 0 Å². The zero-order valence-electron chi connectivity index (χ0n) is 17.9. The molecule has 1 N–H and O–H groups in total. The van der Waals surface area contributed by atoms with Crippen molar-refractivity contribution in [1.29, 1.82) is 0 Å². The van der Waals surface area contributed by atoms with E-state index < -0.39 is 5.97 Å². The summed E-state index contributed by atoms with van der Waals surface area (Å²) >= 11 is 9.36. The predicted octanol–water partition coefficient (Wildman–Crippen LogP) is 8.43. The number of aromatic nitrogens is 1. The van der Waals surface area contributed by atoms with Crippen molar-refractivity contribution < 1.29 is 14.3 Å². The van der Waals surface area contributed by atoms with Crippen molar-refractivity contribution in [2.45, 2.75) is 35.1 Å². The minimum atomic E-state index is -0.818. The molecule has 1 aliphatic heterocycles. The molecule has 1 aliphatic rings. The molecule has 3 heterocycles. The standard InChI is InChI=1S/C27H19ClFNO2S2/c28-16-5-7-18(8-6-16)34-27-25-20(21-14-33-23-4-2-1-3-19(21)23)12-17(29)13-22(25)30-10-9-15(26(27)30)11-24(31)32/h1-8,12-15H,9-11H2,(H,31,32). The molecule has 0 radical (unpaired) electrons. The minimum absolute atomic E-state index is 0.0592. The van der Waals surface area contributed by atoms with Gasteiger partial charge in [-0.15, -0.1) is 11.3 Å². The molecule has 0 aliphatic carbocycles. The summed E-state index contributed by atoms with van der Waals surface area (Å²) in [5.41, 5.74) is 3.66. The van der Waals surface area contributed by atoms with E-state index in [4.69, 9.17) is 11.6 Å².